The van der Waals surface area contributed by atoms with Gasteiger partial charge in [-0.05, 0) is 25.0 Å². The summed E-state index contributed by atoms with van der Waals surface area (Å²) in [5, 5.41) is 13.9. The van der Waals surface area contributed by atoms with E-state index in [2.05, 4.69) is 15.4 Å². The average molecular weight is 320 g/mol. The predicted molar refractivity (Wildman–Crippen MR) is 75.9 cm³/mol. The monoisotopic (exact) mass is 320 g/mol. The largest absolute Gasteiger partial charge is 0.482 e. The van der Waals surface area contributed by atoms with Crippen molar-refractivity contribution in [3.8, 4) is 5.75 Å². The van der Waals surface area contributed by atoms with Crippen molar-refractivity contribution in [1.29, 1.82) is 0 Å². The minimum atomic E-state index is -4.45. The molecule has 1 rings (SSSR count). The van der Waals surface area contributed by atoms with E-state index >= 15 is 0 Å². The van der Waals surface area contributed by atoms with Crippen molar-refractivity contribution in [1.82, 2.24) is 5.32 Å². The lowest BCUT2D eigenvalue weighted by molar-refractivity contribution is -0.153. The topological polar surface area (TPSA) is 70.6 Å². The second-order valence-electron chi connectivity index (χ2n) is 4.62. The fourth-order valence-corrected chi connectivity index (χ4v) is 1.73. The van der Waals surface area contributed by atoms with Crippen LogP contribution in [0.4, 0.5) is 23.7 Å². The second-order valence-corrected chi connectivity index (χ2v) is 4.62. The van der Waals surface area contributed by atoms with Crippen molar-refractivity contribution in [3.63, 3.8) is 0 Å². The molecule has 1 unspecified atom stereocenters. The number of hydrogen-bond donors (Lipinski definition) is 3. The van der Waals surface area contributed by atoms with E-state index in [1.807, 2.05) is 6.92 Å². The Morgan fingerprint density at radius 1 is 1.36 bits per heavy atom. The van der Waals surface area contributed by atoms with Crippen LogP contribution >= 0.6 is 0 Å². The van der Waals surface area contributed by atoms with E-state index in [1.54, 1.807) is 6.07 Å². The number of aliphatic hydroxyl groups is 1. The van der Waals surface area contributed by atoms with Crippen LogP contribution in [0.15, 0.2) is 24.3 Å². The van der Waals surface area contributed by atoms with E-state index in [-0.39, 0.29) is 24.1 Å². The third-order valence-electron chi connectivity index (χ3n) is 2.83. The number of halogens is 3. The highest BCUT2D eigenvalue weighted by molar-refractivity contribution is 5.91. The van der Waals surface area contributed by atoms with Gasteiger partial charge in [-0.2, -0.15) is 13.2 Å². The zero-order valence-electron chi connectivity index (χ0n) is 12.1. The lowest BCUT2D eigenvalue weighted by atomic mass is 10.2. The molecule has 124 valence electrons. The molecule has 0 bridgehead atoms. The van der Waals surface area contributed by atoms with E-state index in [0.29, 0.717) is 12.8 Å². The predicted octanol–water partition coefficient (Wildman–Crippen LogP) is 2.91. The zero-order chi connectivity index (χ0) is 16.6. The molecular weight excluding hydrogens is 301 g/mol. The number of nitrogens with one attached hydrogen (secondary N) is 2. The van der Waals surface area contributed by atoms with Crippen LogP contribution in [-0.4, -0.2) is 36.6 Å². The van der Waals surface area contributed by atoms with Crippen LogP contribution in [-0.2, 0) is 0 Å². The number of carbonyl (C=O) groups excluding carboxylic acids is 1. The van der Waals surface area contributed by atoms with Crippen LogP contribution in [0.25, 0.3) is 0 Å². The maximum atomic E-state index is 12.2. The van der Waals surface area contributed by atoms with Crippen molar-refractivity contribution in [3.05, 3.63) is 24.3 Å². The first kappa shape index (κ1) is 18.1. The number of ether oxygens (including phenoxy) is 1. The Morgan fingerprint density at radius 3 is 2.64 bits per heavy atom. The molecule has 0 saturated heterocycles. The number of hydrogen-bond acceptors (Lipinski definition) is 3. The van der Waals surface area contributed by atoms with Crippen LogP contribution in [0, 0.1) is 0 Å². The molecule has 0 fully saturated rings. The van der Waals surface area contributed by atoms with Gasteiger partial charge in [0.25, 0.3) is 0 Å². The van der Waals surface area contributed by atoms with Gasteiger partial charge in [0.1, 0.15) is 5.75 Å². The molecule has 5 nitrogen and oxygen atoms in total. The molecule has 8 heteroatoms. The Hall–Kier alpha value is -1.96. The van der Waals surface area contributed by atoms with E-state index in [4.69, 9.17) is 5.11 Å². The third-order valence-corrected chi connectivity index (χ3v) is 2.83. The number of benzene rings is 1. The Bertz CT molecular complexity index is 481. The van der Waals surface area contributed by atoms with Crippen molar-refractivity contribution < 1.29 is 27.8 Å². The fraction of sp³-hybridized carbons (Fsp3) is 0.500. The number of aliphatic hydroxyl groups excluding tert-OH is 1. The third kappa shape index (κ3) is 6.66. The smallest absolute Gasteiger partial charge is 0.422 e. The minimum absolute atomic E-state index is 0.0646. The first-order valence-electron chi connectivity index (χ1n) is 6.82. The van der Waals surface area contributed by atoms with Gasteiger partial charge >= 0.3 is 12.2 Å². The molecule has 1 atom stereocenters. The molecule has 3 N–H and O–H groups in total. The van der Waals surface area contributed by atoms with E-state index in [0.717, 1.165) is 0 Å². The van der Waals surface area contributed by atoms with Gasteiger partial charge in [-0.15, -0.1) is 0 Å². The lowest BCUT2D eigenvalue weighted by Gasteiger charge is -2.18. The van der Waals surface area contributed by atoms with Crippen LogP contribution in [0.5, 0.6) is 5.75 Å². The summed E-state index contributed by atoms with van der Waals surface area (Å²) in [6, 6.07) is 5.08. The SMILES string of the molecule is CCC(CCO)NC(=O)Nc1ccccc1OCC(F)(F)F. The zero-order valence-corrected chi connectivity index (χ0v) is 12.1. The molecule has 22 heavy (non-hydrogen) atoms. The second kappa shape index (κ2) is 8.47. The fourth-order valence-electron chi connectivity index (χ4n) is 1.73. The molecule has 0 spiro atoms. The Kier molecular flexibility index (Phi) is 6.97. The van der Waals surface area contributed by atoms with E-state index < -0.39 is 18.8 Å². The summed E-state index contributed by atoms with van der Waals surface area (Å²) in [7, 11) is 0. The molecule has 0 radical (unpaired) electrons. The summed E-state index contributed by atoms with van der Waals surface area (Å²) in [6.07, 6.45) is -3.43. The normalized spacial score (nSPS) is 12.6. The molecular formula is C14H19F3N2O3. The minimum Gasteiger partial charge on any atom is -0.482 e. The lowest BCUT2D eigenvalue weighted by Crippen LogP contribution is -2.38. The van der Waals surface area contributed by atoms with Gasteiger partial charge in [-0.3, -0.25) is 0 Å². The quantitative estimate of drug-likeness (QED) is 0.723. The summed E-state index contributed by atoms with van der Waals surface area (Å²) in [5.74, 6) is -0.0646. The number of amides is 2. The van der Waals surface area contributed by atoms with Gasteiger partial charge in [-0.1, -0.05) is 19.1 Å². The van der Waals surface area contributed by atoms with Gasteiger partial charge < -0.3 is 20.5 Å². The highest BCUT2D eigenvalue weighted by atomic mass is 19.4. The summed E-state index contributed by atoms with van der Waals surface area (Å²) in [6.45, 7) is 0.348. The van der Waals surface area contributed by atoms with E-state index in [9.17, 15) is 18.0 Å². The molecule has 0 heterocycles. The van der Waals surface area contributed by atoms with Gasteiger partial charge in [0.2, 0.25) is 0 Å². The molecule has 0 aliphatic rings. The van der Waals surface area contributed by atoms with Crippen molar-refractivity contribution in [2.75, 3.05) is 18.5 Å². The maximum absolute atomic E-state index is 12.2. The molecule has 0 aliphatic carbocycles. The van der Waals surface area contributed by atoms with Gasteiger partial charge in [0.05, 0.1) is 5.69 Å². The van der Waals surface area contributed by atoms with E-state index in [1.165, 1.54) is 18.2 Å². The number of para-hydroxylation sites is 2. The van der Waals surface area contributed by atoms with Gasteiger partial charge in [-0.25, -0.2) is 4.79 Å². The first-order chi connectivity index (χ1) is 10.4. The number of urea groups is 1. The van der Waals surface area contributed by atoms with Crippen molar-refractivity contribution in [2.45, 2.75) is 32.0 Å². The molecule has 0 aliphatic heterocycles. The molecule has 0 aromatic heterocycles. The standard InChI is InChI=1S/C14H19F3N2O3/c1-2-10(7-8-20)18-13(21)19-11-5-3-4-6-12(11)22-9-14(15,16)17/h3-6,10,20H,2,7-9H2,1H3,(H2,18,19,21). The van der Waals surface area contributed by atoms with Crippen molar-refractivity contribution in [2.24, 2.45) is 0 Å². The summed E-state index contributed by atoms with van der Waals surface area (Å²) >= 11 is 0. The highest BCUT2D eigenvalue weighted by Crippen LogP contribution is 2.26. The van der Waals surface area contributed by atoms with Gasteiger partial charge in [0, 0.05) is 12.6 Å². The number of anilines is 1. The Morgan fingerprint density at radius 2 is 2.05 bits per heavy atom. The van der Waals surface area contributed by atoms with Crippen LogP contribution in [0.1, 0.15) is 19.8 Å². The van der Waals surface area contributed by atoms with Crippen molar-refractivity contribution >= 4 is 11.7 Å². The molecule has 0 saturated carbocycles. The summed E-state index contributed by atoms with van der Waals surface area (Å²) < 4.78 is 41.2. The molecule has 1 aromatic carbocycles. The van der Waals surface area contributed by atoms with Crippen LogP contribution < -0.4 is 15.4 Å². The maximum Gasteiger partial charge on any atom is 0.422 e. The first-order valence-corrected chi connectivity index (χ1v) is 6.82. The van der Waals surface area contributed by atoms with Crippen LogP contribution in [0.2, 0.25) is 0 Å². The van der Waals surface area contributed by atoms with Gasteiger partial charge in [0.15, 0.2) is 6.61 Å². The summed E-state index contributed by atoms with van der Waals surface area (Å²) in [4.78, 5) is 11.8. The summed E-state index contributed by atoms with van der Waals surface area (Å²) in [5.41, 5.74) is 0.142. The number of rotatable bonds is 7. The Balaban J connectivity index is 2.66. The number of carbonyl (C=O) groups is 1. The molecule has 2 amide bonds. The highest BCUT2D eigenvalue weighted by Gasteiger charge is 2.28. The molecule has 1 aromatic rings. The van der Waals surface area contributed by atoms with Crippen LogP contribution in [0.3, 0.4) is 0 Å². The average Bonchev–Trinajstić information content (AvgIpc) is 2.45. The Labute approximate surface area is 126 Å². The number of alkyl halides is 3.